The summed E-state index contributed by atoms with van der Waals surface area (Å²) in [7, 11) is 0. The van der Waals surface area contributed by atoms with Crippen LogP contribution in [0.15, 0.2) is 35.7 Å². The zero-order valence-corrected chi connectivity index (χ0v) is 13.4. The van der Waals surface area contributed by atoms with Crippen molar-refractivity contribution in [3.63, 3.8) is 0 Å². The van der Waals surface area contributed by atoms with E-state index in [4.69, 9.17) is 5.73 Å². The number of hydrogen-bond donors (Lipinski definition) is 1. The maximum Gasteiger partial charge on any atom is 0.129 e. The third kappa shape index (κ3) is 2.35. The molecule has 2 heterocycles. The minimum Gasteiger partial charge on any atom is -0.396 e. The molecule has 0 amide bonds. The number of hydrogen-bond acceptors (Lipinski definition) is 4. The highest BCUT2D eigenvalue weighted by atomic mass is 32.1. The van der Waals surface area contributed by atoms with Gasteiger partial charge < -0.3 is 5.73 Å². The molecule has 3 aromatic rings. The fourth-order valence-electron chi connectivity index (χ4n) is 2.36. The summed E-state index contributed by atoms with van der Waals surface area (Å²) < 4.78 is 0. The van der Waals surface area contributed by atoms with Gasteiger partial charge in [0.2, 0.25) is 0 Å². The molecule has 0 saturated heterocycles. The molecule has 0 fully saturated rings. The van der Waals surface area contributed by atoms with Crippen LogP contribution in [-0.2, 0) is 0 Å². The summed E-state index contributed by atoms with van der Waals surface area (Å²) in [5, 5.41) is 11.3. The van der Waals surface area contributed by atoms with Crippen molar-refractivity contribution in [2.45, 2.75) is 13.8 Å². The van der Waals surface area contributed by atoms with Gasteiger partial charge in [-0.25, -0.2) is 0 Å². The second kappa shape index (κ2) is 5.36. The van der Waals surface area contributed by atoms with Crippen molar-refractivity contribution in [2.24, 2.45) is 0 Å². The van der Waals surface area contributed by atoms with Gasteiger partial charge in [0.05, 0.1) is 5.69 Å². The minimum absolute atomic E-state index is 0.592. The maximum atomic E-state index is 9.31. The van der Waals surface area contributed by atoms with E-state index in [1.54, 1.807) is 11.3 Å². The van der Waals surface area contributed by atoms with Crippen LogP contribution in [0.5, 0.6) is 0 Å². The number of nitriles is 1. The molecule has 2 nitrogen and oxygen atoms in total. The molecule has 0 bridgehead atoms. The van der Waals surface area contributed by atoms with Crippen molar-refractivity contribution >= 4 is 28.4 Å². The number of benzene rings is 1. The quantitative estimate of drug-likeness (QED) is 0.706. The molecule has 0 saturated carbocycles. The molecule has 0 spiro atoms. The van der Waals surface area contributed by atoms with Crippen LogP contribution in [0.25, 0.3) is 20.9 Å². The molecule has 104 valence electrons. The molecular weight excluding hydrogens is 296 g/mol. The van der Waals surface area contributed by atoms with Crippen LogP contribution in [-0.4, -0.2) is 0 Å². The highest BCUT2D eigenvalue weighted by Crippen LogP contribution is 2.47. The zero-order valence-electron chi connectivity index (χ0n) is 11.8. The Kier molecular flexibility index (Phi) is 3.54. The predicted molar refractivity (Wildman–Crippen MR) is 91.7 cm³/mol. The standard InChI is InChI=1S/C17H14N2S2/c1-10-5-6-11(2)12(8-10)17-15(13-4-3-7-20-13)16(19)14(9-18)21-17/h3-8H,19H2,1-2H3. The van der Waals surface area contributed by atoms with Gasteiger partial charge >= 0.3 is 0 Å². The number of anilines is 1. The van der Waals surface area contributed by atoms with E-state index in [0.29, 0.717) is 10.6 Å². The average Bonchev–Trinajstić information content (AvgIpc) is 3.08. The van der Waals surface area contributed by atoms with E-state index in [2.05, 4.69) is 44.2 Å². The normalized spacial score (nSPS) is 10.5. The topological polar surface area (TPSA) is 49.8 Å². The van der Waals surface area contributed by atoms with E-state index in [-0.39, 0.29) is 0 Å². The van der Waals surface area contributed by atoms with Gasteiger partial charge in [0, 0.05) is 15.3 Å². The summed E-state index contributed by atoms with van der Waals surface area (Å²) in [5.74, 6) is 0. The zero-order chi connectivity index (χ0) is 15.0. The lowest BCUT2D eigenvalue weighted by Gasteiger charge is -2.08. The van der Waals surface area contributed by atoms with Crippen LogP contribution in [0, 0.1) is 25.2 Å². The second-order valence-electron chi connectivity index (χ2n) is 4.96. The third-order valence-corrected chi connectivity index (χ3v) is 5.48. The monoisotopic (exact) mass is 310 g/mol. The number of rotatable bonds is 2. The van der Waals surface area contributed by atoms with Gasteiger partial charge in [0.15, 0.2) is 0 Å². The first-order valence-electron chi connectivity index (χ1n) is 6.55. The van der Waals surface area contributed by atoms with Gasteiger partial charge in [-0.2, -0.15) is 5.26 Å². The van der Waals surface area contributed by atoms with Gasteiger partial charge in [-0.05, 0) is 36.4 Å². The van der Waals surface area contributed by atoms with Crippen LogP contribution in [0.4, 0.5) is 5.69 Å². The molecule has 2 N–H and O–H groups in total. The van der Waals surface area contributed by atoms with Gasteiger partial charge in [0.25, 0.3) is 0 Å². The van der Waals surface area contributed by atoms with Crippen molar-refractivity contribution in [1.29, 1.82) is 5.26 Å². The predicted octanol–water partition coefficient (Wildman–Crippen LogP) is 5.21. The second-order valence-corrected chi connectivity index (χ2v) is 6.92. The van der Waals surface area contributed by atoms with Crippen LogP contribution < -0.4 is 5.73 Å². The third-order valence-electron chi connectivity index (χ3n) is 3.45. The molecule has 0 aliphatic rings. The Morgan fingerprint density at radius 2 is 2.00 bits per heavy atom. The molecule has 0 aliphatic carbocycles. The molecular formula is C17H14N2S2. The van der Waals surface area contributed by atoms with E-state index in [0.717, 1.165) is 20.9 Å². The number of nitrogen functional groups attached to an aromatic ring is 1. The first kappa shape index (κ1) is 13.9. The van der Waals surface area contributed by atoms with Gasteiger partial charge in [-0.15, -0.1) is 22.7 Å². The van der Waals surface area contributed by atoms with Crippen molar-refractivity contribution < 1.29 is 0 Å². The Morgan fingerprint density at radius 3 is 2.67 bits per heavy atom. The molecule has 2 aromatic heterocycles. The highest BCUT2D eigenvalue weighted by molar-refractivity contribution is 7.19. The first-order chi connectivity index (χ1) is 10.1. The fraction of sp³-hybridized carbons (Fsp3) is 0.118. The number of nitrogens with zero attached hydrogens (tertiary/aromatic N) is 1. The molecule has 0 radical (unpaired) electrons. The Hall–Kier alpha value is -2.09. The summed E-state index contributed by atoms with van der Waals surface area (Å²) in [6.07, 6.45) is 0. The molecule has 1 aromatic carbocycles. The van der Waals surface area contributed by atoms with E-state index in [1.807, 2.05) is 11.4 Å². The van der Waals surface area contributed by atoms with Crippen LogP contribution in [0.1, 0.15) is 16.0 Å². The Balaban J connectivity index is 2.33. The van der Waals surface area contributed by atoms with E-state index >= 15 is 0 Å². The van der Waals surface area contributed by atoms with Crippen molar-refractivity contribution in [3.05, 3.63) is 51.7 Å². The maximum absolute atomic E-state index is 9.31. The van der Waals surface area contributed by atoms with Gasteiger partial charge in [-0.3, -0.25) is 0 Å². The highest BCUT2D eigenvalue weighted by Gasteiger charge is 2.20. The molecule has 0 unspecified atom stereocenters. The lowest BCUT2D eigenvalue weighted by atomic mass is 10.0. The van der Waals surface area contributed by atoms with E-state index in [1.165, 1.54) is 22.5 Å². The summed E-state index contributed by atoms with van der Waals surface area (Å²) in [5.41, 5.74) is 11.4. The van der Waals surface area contributed by atoms with Crippen LogP contribution >= 0.6 is 22.7 Å². The first-order valence-corrected chi connectivity index (χ1v) is 8.25. The number of thiophene rings is 2. The van der Waals surface area contributed by atoms with Crippen LogP contribution in [0.3, 0.4) is 0 Å². The Bertz CT molecular complexity index is 837. The molecule has 0 atom stereocenters. The van der Waals surface area contributed by atoms with E-state index in [9.17, 15) is 5.26 Å². The fourth-order valence-corrected chi connectivity index (χ4v) is 4.33. The number of aryl methyl sites for hydroxylation is 2. The molecule has 3 rings (SSSR count). The smallest absolute Gasteiger partial charge is 0.129 e. The van der Waals surface area contributed by atoms with Crippen molar-refractivity contribution in [2.75, 3.05) is 5.73 Å². The SMILES string of the molecule is Cc1ccc(C)c(-c2sc(C#N)c(N)c2-c2cccs2)c1. The minimum atomic E-state index is 0.592. The molecule has 0 aliphatic heterocycles. The Labute approximate surface area is 132 Å². The average molecular weight is 310 g/mol. The van der Waals surface area contributed by atoms with Gasteiger partial charge in [-0.1, -0.05) is 29.8 Å². The largest absolute Gasteiger partial charge is 0.396 e. The lowest BCUT2D eigenvalue weighted by Crippen LogP contribution is -1.89. The van der Waals surface area contributed by atoms with Crippen molar-refractivity contribution in [3.8, 4) is 27.0 Å². The lowest BCUT2D eigenvalue weighted by molar-refractivity contribution is 1.40. The summed E-state index contributed by atoms with van der Waals surface area (Å²) in [6.45, 7) is 4.17. The summed E-state index contributed by atoms with van der Waals surface area (Å²) >= 11 is 3.13. The summed E-state index contributed by atoms with van der Waals surface area (Å²) in [4.78, 5) is 2.79. The number of nitrogens with two attached hydrogens (primary N) is 1. The Morgan fingerprint density at radius 1 is 1.19 bits per heavy atom. The summed E-state index contributed by atoms with van der Waals surface area (Å²) in [6, 6.07) is 12.7. The van der Waals surface area contributed by atoms with Crippen molar-refractivity contribution in [1.82, 2.24) is 0 Å². The molecule has 21 heavy (non-hydrogen) atoms. The molecule has 4 heteroatoms. The van der Waals surface area contributed by atoms with E-state index < -0.39 is 0 Å². The van der Waals surface area contributed by atoms with Crippen LogP contribution in [0.2, 0.25) is 0 Å². The van der Waals surface area contributed by atoms with Gasteiger partial charge in [0.1, 0.15) is 10.9 Å².